The van der Waals surface area contributed by atoms with E-state index in [2.05, 4.69) is 0 Å². The molecule has 0 aromatic carbocycles. The van der Waals surface area contributed by atoms with Crippen LogP contribution < -0.4 is 0 Å². The molecule has 14 heavy (non-hydrogen) atoms. The molecule has 1 rings (SSSR count). The first-order valence-electron chi connectivity index (χ1n) is 4.59. The fraction of sp³-hybridized carbons (Fsp3) is 1.00. The zero-order chi connectivity index (χ0) is 10.8. The molecule has 1 aliphatic rings. The molecule has 1 aliphatic heterocycles. The summed E-state index contributed by atoms with van der Waals surface area (Å²) in [5.74, 6) is -3.08. The Kier molecular flexibility index (Phi) is 3.49. The number of rotatable bonds is 3. The van der Waals surface area contributed by atoms with Crippen molar-refractivity contribution in [2.75, 3.05) is 21.3 Å². The van der Waals surface area contributed by atoms with E-state index in [9.17, 15) is 5.11 Å². The summed E-state index contributed by atoms with van der Waals surface area (Å²) in [7, 11) is 4.25. The van der Waals surface area contributed by atoms with Crippen LogP contribution in [0.25, 0.3) is 0 Å². The van der Waals surface area contributed by atoms with Gasteiger partial charge in [-0.2, -0.15) is 0 Å². The quantitative estimate of drug-likeness (QED) is 0.680. The molecule has 0 spiro atoms. The normalized spacial score (nSPS) is 37.1. The van der Waals surface area contributed by atoms with Crippen LogP contribution in [-0.2, 0) is 18.9 Å². The highest BCUT2D eigenvalue weighted by atomic mass is 16.9. The summed E-state index contributed by atoms with van der Waals surface area (Å²) in [6.07, 6.45) is 1.18. The first kappa shape index (κ1) is 11.9. The van der Waals surface area contributed by atoms with E-state index >= 15 is 0 Å². The highest BCUT2D eigenvalue weighted by Gasteiger charge is 2.58. The molecule has 0 bridgehead atoms. The van der Waals surface area contributed by atoms with E-state index in [0.717, 1.165) is 6.42 Å². The van der Waals surface area contributed by atoms with Crippen LogP contribution in [0.1, 0.15) is 19.8 Å². The van der Waals surface area contributed by atoms with Crippen molar-refractivity contribution in [1.82, 2.24) is 0 Å². The Morgan fingerprint density at radius 2 is 1.79 bits per heavy atom. The summed E-state index contributed by atoms with van der Waals surface area (Å²) in [5, 5.41) is 10.1. The lowest BCUT2D eigenvalue weighted by Gasteiger charge is -2.47. The number of hydrogen-bond donors (Lipinski definition) is 1. The lowest BCUT2D eigenvalue weighted by molar-refractivity contribution is -0.497. The minimum atomic E-state index is -1.84. The van der Waals surface area contributed by atoms with Crippen molar-refractivity contribution >= 4 is 0 Å². The molecule has 0 aromatic heterocycles. The minimum absolute atomic E-state index is 0.0848. The summed E-state index contributed by atoms with van der Waals surface area (Å²) in [5.41, 5.74) is 0. The van der Waals surface area contributed by atoms with Crippen molar-refractivity contribution in [3.8, 4) is 0 Å². The Hall–Kier alpha value is -0.200. The van der Waals surface area contributed by atoms with Gasteiger partial charge in [0.2, 0.25) is 0 Å². The molecule has 5 nitrogen and oxygen atoms in total. The molecule has 0 aromatic rings. The average molecular weight is 206 g/mol. The van der Waals surface area contributed by atoms with Crippen LogP contribution in [0, 0.1) is 0 Å². The molecule has 2 atom stereocenters. The Bertz CT molecular complexity index is 192. The van der Waals surface area contributed by atoms with Crippen molar-refractivity contribution < 1.29 is 24.1 Å². The smallest absolute Gasteiger partial charge is 0.338 e. The maximum Gasteiger partial charge on any atom is 0.338 e. The van der Waals surface area contributed by atoms with E-state index in [1.807, 2.05) is 6.92 Å². The van der Waals surface area contributed by atoms with E-state index in [1.54, 1.807) is 0 Å². The predicted octanol–water partition coefficient (Wildman–Crippen LogP) is 0.467. The van der Waals surface area contributed by atoms with Gasteiger partial charge in [-0.05, 0) is 13.3 Å². The molecule has 0 amide bonds. The molecular formula is C9H18O5. The fourth-order valence-corrected chi connectivity index (χ4v) is 1.72. The number of methoxy groups -OCH3 is 3. The van der Waals surface area contributed by atoms with E-state index in [0.29, 0.717) is 6.42 Å². The molecule has 1 heterocycles. The van der Waals surface area contributed by atoms with Gasteiger partial charge in [0, 0.05) is 27.8 Å². The zero-order valence-corrected chi connectivity index (χ0v) is 9.07. The van der Waals surface area contributed by atoms with Gasteiger partial charge in [0.15, 0.2) is 0 Å². The second-order valence-corrected chi connectivity index (χ2v) is 3.41. The maximum atomic E-state index is 10.1. The van der Waals surface area contributed by atoms with Gasteiger partial charge in [-0.15, -0.1) is 0 Å². The second kappa shape index (κ2) is 4.12. The summed E-state index contributed by atoms with van der Waals surface area (Å²) >= 11 is 0. The SMILES string of the molecule is COC1(O)OC(C)CCC1(OC)OC. The summed E-state index contributed by atoms with van der Waals surface area (Å²) in [4.78, 5) is 0. The predicted molar refractivity (Wildman–Crippen MR) is 48.5 cm³/mol. The van der Waals surface area contributed by atoms with Gasteiger partial charge in [0.25, 0.3) is 5.79 Å². The third-order valence-corrected chi connectivity index (χ3v) is 2.66. The average Bonchev–Trinajstić information content (AvgIpc) is 2.19. The summed E-state index contributed by atoms with van der Waals surface area (Å²) in [6, 6.07) is 0. The Labute approximate surface area is 83.9 Å². The van der Waals surface area contributed by atoms with Crippen LogP contribution >= 0.6 is 0 Å². The molecule has 1 saturated heterocycles. The van der Waals surface area contributed by atoms with Crippen molar-refractivity contribution in [3.05, 3.63) is 0 Å². The lowest BCUT2D eigenvalue weighted by Crippen LogP contribution is -2.63. The van der Waals surface area contributed by atoms with E-state index in [1.165, 1.54) is 21.3 Å². The van der Waals surface area contributed by atoms with Gasteiger partial charge < -0.3 is 24.1 Å². The zero-order valence-electron chi connectivity index (χ0n) is 9.07. The van der Waals surface area contributed by atoms with E-state index in [-0.39, 0.29) is 6.10 Å². The van der Waals surface area contributed by atoms with Crippen LogP contribution in [0.4, 0.5) is 0 Å². The molecule has 0 radical (unpaired) electrons. The molecule has 1 fully saturated rings. The number of ether oxygens (including phenoxy) is 4. The molecule has 5 heteroatoms. The van der Waals surface area contributed by atoms with Crippen molar-refractivity contribution in [3.63, 3.8) is 0 Å². The minimum Gasteiger partial charge on any atom is -0.347 e. The van der Waals surface area contributed by atoms with Crippen molar-refractivity contribution in [2.45, 2.75) is 37.6 Å². The van der Waals surface area contributed by atoms with Crippen LogP contribution in [0.3, 0.4) is 0 Å². The molecule has 0 saturated carbocycles. The standard InChI is InChI=1S/C9H18O5/c1-7-5-6-8(11-2,12-3)9(10,13-4)14-7/h7,10H,5-6H2,1-4H3. The van der Waals surface area contributed by atoms with Gasteiger partial charge in [0.1, 0.15) is 0 Å². The van der Waals surface area contributed by atoms with E-state index in [4.69, 9.17) is 18.9 Å². The van der Waals surface area contributed by atoms with Crippen molar-refractivity contribution in [1.29, 1.82) is 0 Å². The first-order valence-corrected chi connectivity index (χ1v) is 4.59. The molecule has 2 unspecified atom stereocenters. The summed E-state index contributed by atoms with van der Waals surface area (Å²) < 4.78 is 20.6. The van der Waals surface area contributed by atoms with Crippen molar-refractivity contribution in [2.24, 2.45) is 0 Å². The first-order chi connectivity index (χ1) is 6.53. The summed E-state index contributed by atoms with van der Waals surface area (Å²) in [6.45, 7) is 1.86. The molecule has 1 N–H and O–H groups in total. The van der Waals surface area contributed by atoms with Gasteiger partial charge in [-0.3, -0.25) is 0 Å². The fourth-order valence-electron chi connectivity index (χ4n) is 1.72. The van der Waals surface area contributed by atoms with Crippen LogP contribution in [0.2, 0.25) is 0 Å². The monoisotopic (exact) mass is 206 g/mol. The lowest BCUT2D eigenvalue weighted by atomic mass is 10.0. The Morgan fingerprint density at radius 3 is 2.21 bits per heavy atom. The molecule has 84 valence electrons. The highest BCUT2D eigenvalue weighted by Crippen LogP contribution is 2.39. The number of aliphatic hydroxyl groups is 1. The second-order valence-electron chi connectivity index (χ2n) is 3.41. The molecule has 0 aliphatic carbocycles. The topological polar surface area (TPSA) is 57.2 Å². The van der Waals surface area contributed by atoms with Crippen LogP contribution in [0.15, 0.2) is 0 Å². The Morgan fingerprint density at radius 1 is 1.21 bits per heavy atom. The van der Waals surface area contributed by atoms with Gasteiger partial charge in [-0.25, -0.2) is 0 Å². The van der Waals surface area contributed by atoms with Gasteiger partial charge in [0.05, 0.1) is 6.10 Å². The van der Waals surface area contributed by atoms with Gasteiger partial charge >= 0.3 is 5.97 Å². The van der Waals surface area contributed by atoms with Crippen LogP contribution in [0.5, 0.6) is 0 Å². The largest absolute Gasteiger partial charge is 0.347 e. The molecular weight excluding hydrogens is 188 g/mol. The third-order valence-electron chi connectivity index (χ3n) is 2.66. The maximum absolute atomic E-state index is 10.1. The van der Waals surface area contributed by atoms with E-state index < -0.39 is 11.8 Å². The Balaban J connectivity index is 2.92. The third kappa shape index (κ3) is 1.66. The highest BCUT2D eigenvalue weighted by molar-refractivity contribution is 4.85. The van der Waals surface area contributed by atoms with Gasteiger partial charge in [-0.1, -0.05) is 0 Å². The van der Waals surface area contributed by atoms with Crippen LogP contribution in [-0.4, -0.2) is 44.3 Å². The number of hydrogen-bond acceptors (Lipinski definition) is 5.